The lowest BCUT2D eigenvalue weighted by Gasteiger charge is -2.04. The molecule has 2 rings (SSSR count). The summed E-state index contributed by atoms with van der Waals surface area (Å²) in [5.41, 5.74) is 2.32. The Balaban J connectivity index is 1.95. The maximum atomic E-state index is 5.78. The van der Waals surface area contributed by atoms with Gasteiger partial charge >= 0.3 is 0 Å². The zero-order valence-corrected chi connectivity index (χ0v) is 8.38. The molecule has 2 aromatic rings. The predicted octanol–water partition coefficient (Wildman–Crippen LogP) is 3.28. The van der Waals surface area contributed by atoms with Crippen LogP contribution in [0.1, 0.15) is 5.56 Å². The number of rotatable bonds is 3. The average Bonchev–Trinajstić information content (AvgIpc) is 2.70. The zero-order valence-electron chi connectivity index (χ0n) is 7.63. The van der Waals surface area contributed by atoms with Gasteiger partial charge in [0, 0.05) is 29.6 Å². The Morgan fingerprint density at radius 3 is 2.57 bits per heavy atom. The number of hydrogen-bond donors (Lipinski definition) is 2. The van der Waals surface area contributed by atoms with E-state index in [2.05, 4.69) is 10.3 Å². The SMILES string of the molecule is Clc1ccc(NCc2cc[nH]c2)cc1. The summed E-state index contributed by atoms with van der Waals surface area (Å²) < 4.78 is 0. The van der Waals surface area contributed by atoms with E-state index in [1.54, 1.807) is 0 Å². The van der Waals surface area contributed by atoms with Crippen LogP contribution in [-0.4, -0.2) is 4.98 Å². The van der Waals surface area contributed by atoms with Crippen LogP contribution in [0.25, 0.3) is 0 Å². The fourth-order valence-corrected chi connectivity index (χ4v) is 1.37. The van der Waals surface area contributed by atoms with Gasteiger partial charge in [0.1, 0.15) is 0 Å². The lowest BCUT2D eigenvalue weighted by Crippen LogP contribution is -1.97. The second-order valence-corrected chi connectivity index (χ2v) is 3.52. The number of benzene rings is 1. The molecule has 3 heteroatoms. The normalized spacial score (nSPS) is 10.1. The highest BCUT2D eigenvalue weighted by Crippen LogP contribution is 2.14. The molecule has 1 heterocycles. The monoisotopic (exact) mass is 206 g/mol. The number of nitrogens with one attached hydrogen (secondary N) is 2. The highest BCUT2D eigenvalue weighted by molar-refractivity contribution is 6.30. The molecule has 0 unspecified atom stereocenters. The fourth-order valence-electron chi connectivity index (χ4n) is 1.24. The topological polar surface area (TPSA) is 27.8 Å². The van der Waals surface area contributed by atoms with Crippen molar-refractivity contribution in [2.75, 3.05) is 5.32 Å². The van der Waals surface area contributed by atoms with Gasteiger partial charge in [0.25, 0.3) is 0 Å². The lowest BCUT2D eigenvalue weighted by atomic mass is 10.3. The maximum Gasteiger partial charge on any atom is 0.0415 e. The van der Waals surface area contributed by atoms with E-state index in [0.717, 1.165) is 17.3 Å². The Kier molecular flexibility index (Phi) is 2.75. The summed E-state index contributed by atoms with van der Waals surface area (Å²) in [4.78, 5) is 3.01. The quantitative estimate of drug-likeness (QED) is 0.793. The summed E-state index contributed by atoms with van der Waals surface area (Å²) in [6.07, 6.45) is 3.89. The molecule has 72 valence electrons. The Labute approximate surface area is 87.9 Å². The molecular weight excluding hydrogens is 196 g/mol. The molecule has 0 radical (unpaired) electrons. The van der Waals surface area contributed by atoms with Gasteiger partial charge in [0.15, 0.2) is 0 Å². The third-order valence-electron chi connectivity index (χ3n) is 2.00. The van der Waals surface area contributed by atoms with Gasteiger partial charge in [-0.15, -0.1) is 0 Å². The first kappa shape index (κ1) is 9.16. The first-order chi connectivity index (χ1) is 6.84. The molecular formula is C11H11ClN2. The van der Waals surface area contributed by atoms with Gasteiger partial charge in [-0.25, -0.2) is 0 Å². The van der Waals surface area contributed by atoms with Gasteiger partial charge in [-0.2, -0.15) is 0 Å². The number of halogens is 1. The van der Waals surface area contributed by atoms with Crippen LogP contribution >= 0.6 is 11.6 Å². The van der Waals surface area contributed by atoms with Crippen molar-refractivity contribution in [2.24, 2.45) is 0 Å². The van der Waals surface area contributed by atoms with E-state index < -0.39 is 0 Å². The van der Waals surface area contributed by atoms with Crippen LogP contribution in [0, 0.1) is 0 Å². The van der Waals surface area contributed by atoms with E-state index in [1.165, 1.54) is 5.56 Å². The van der Waals surface area contributed by atoms with E-state index in [1.807, 2.05) is 42.7 Å². The molecule has 0 spiro atoms. The minimum absolute atomic E-state index is 0.761. The van der Waals surface area contributed by atoms with Crippen molar-refractivity contribution in [1.29, 1.82) is 0 Å². The summed E-state index contributed by atoms with van der Waals surface area (Å²) in [6, 6.07) is 9.73. The Morgan fingerprint density at radius 1 is 1.14 bits per heavy atom. The molecule has 2 nitrogen and oxygen atoms in total. The van der Waals surface area contributed by atoms with E-state index in [-0.39, 0.29) is 0 Å². The van der Waals surface area contributed by atoms with Gasteiger partial charge < -0.3 is 10.3 Å². The van der Waals surface area contributed by atoms with Gasteiger partial charge in [-0.05, 0) is 35.9 Å². The van der Waals surface area contributed by atoms with Crippen molar-refractivity contribution in [2.45, 2.75) is 6.54 Å². The lowest BCUT2D eigenvalue weighted by molar-refractivity contribution is 1.15. The molecule has 2 N–H and O–H groups in total. The number of hydrogen-bond acceptors (Lipinski definition) is 1. The molecule has 0 saturated heterocycles. The van der Waals surface area contributed by atoms with Crippen LogP contribution < -0.4 is 5.32 Å². The predicted molar refractivity (Wildman–Crippen MR) is 59.6 cm³/mol. The van der Waals surface area contributed by atoms with Crippen LogP contribution in [0.3, 0.4) is 0 Å². The number of aromatic nitrogens is 1. The van der Waals surface area contributed by atoms with Crippen molar-refractivity contribution in [3.8, 4) is 0 Å². The van der Waals surface area contributed by atoms with E-state index >= 15 is 0 Å². The molecule has 1 aromatic carbocycles. The van der Waals surface area contributed by atoms with Crippen molar-refractivity contribution >= 4 is 17.3 Å². The molecule has 0 fully saturated rings. The summed E-state index contributed by atoms with van der Waals surface area (Å²) in [5.74, 6) is 0. The zero-order chi connectivity index (χ0) is 9.80. The fraction of sp³-hybridized carbons (Fsp3) is 0.0909. The minimum Gasteiger partial charge on any atom is -0.381 e. The van der Waals surface area contributed by atoms with Crippen LogP contribution in [0.5, 0.6) is 0 Å². The third kappa shape index (κ3) is 2.30. The maximum absolute atomic E-state index is 5.78. The van der Waals surface area contributed by atoms with Gasteiger partial charge in [0.05, 0.1) is 0 Å². The Bertz CT molecular complexity index is 378. The second-order valence-electron chi connectivity index (χ2n) is 3.08. The van der Waals surface area contributed by atoms with Crippen LogP contribution in [-0.2, 0) is 6.54 Å². The molecule has 1 aromatic heterocycles. The number of aromatic amines is 1. The molecule has 14 heavy (non-hydrogen) atoms. The van der Waals surface area contributed by atoms with E-state index in [0.29, 0.717) is 0 Å². The van der Waals surface area contributed by atoms with Crippen molar-refractivity contribution < 1.29 is 0 Å². The first-order valence-electron chi connectivity index (χ1n) is 4.46. The standard InChI is InChI=1S/C11H11ClN2/c12-10-1-3-11(4-2-10)14-8-9-5-6-13-7-9/h1-7,13-14H,8H2. The molecule has 0 aliphatic heterocycles. The average molecular weight is 207 g/mol. The highest BCUT2D eigenvalue weighted by atomic mass is 35.5. The second kappa shape index (κ2) is 4.20. The minimum atomic E-state index is 0.761. The highest BCUT2D eigenvalue weighted by Gasteiger charge is 1.93. The van der Waals surface area contributed by atoms with Crippen LogP contribution in [0.4, 0.5) is 5.69 Å². The third-order valence-corrected chi connectivity index (χ3v) is 2.26. The molecule has 0 amide bonds. The number of H-pyrrole nitrogens is 1. The molecule has 0 bridgehead atoms. The molecule has 0 atom stereocenters. The first-order valence-corrected chi connectivity index (χ1v) is 4.83. The molecule has 0 aliphatic carbocycles. The van der Waals surface area contributed by atoms with Gasteiger partial charge in [-0.3, -0.25) is 0 Å². The van der Waals surface area contributed by atoms with Crippen LogP contribution in [0.2, 0.25) is 5.02 Å². The van der Waals surface area contributed by atoms with E-state index in [9.17, 15) is 0 Å². The van der Waals surface area contributed by atoms with Crippen LogP contribution in [0.15, 0.2) is 42.7 Å². The van der Waals surface area contributed by atoms with E-state index in [4.69, 9.17) is 11.6 Å². The summed E-state index contributed by atoms with van der Waals surface area (Å²) in [6.45, 7) is 0.825. The summed E-state index contributed by atoms with van der Waals surface area (Å²) in [7, 11) is 0. The largest absolute Gasteiger partial charge is 0.381 e. The van der Waals surface area contributed by atoms with Crippen molar-refractivity contribution in [1.82, 2.24) is 4.98 Å². The molecule has 0 saturated carbocycles. The Hall–Kier alpha value is -1.41. The smallest absolute Gasteiger partial charge is 0.0415 e. The number of anilines is 1. The summed E-state index contributed by atoms with van der Waals surface area (Å²) in [5, 5.41) is 4.06. The summed E-state index contributed by atoms with van der Waals surface area (Å²) >= 11 is 5.78. The van der Waals surface area contributed by atoms with Crippen molar-refractivity contribution in [3.05, 3.63) is 53.3 Å². The van der Waals surface area contributed by atoms with Crippen molar-refractivity contribution in [3.63, 3.8) is 0 Å². The Morgan fingerprint density at radius 2 is 1.93 bits per heavy atom. The molecule has 0 aliphatic rings. The van der Waals surface area contributed by atoms with Gasteiger partial charge in [0.2, 0.25) is 0 Å². The van der Waals surface area contributed by atoms with Gasteiger partial charge in [-0.1, -0.05) is 11.6 Å².